The standard InChI is InChI=1S/C12H10ClN3O3/c1-16-5-9(14-6-16)11(17)15-10-7(12(18)19)3-2-4-8(10)13/h2-6H,1H3,(H,15,17)(H,18,19). The van der Waals surface area contributed by atoms with Gasteiger partial charge in [-0.3, -0.25) is 4.79 Å². The number of aryl methyl sites for hydroxylation is 1. The Labute approximate surface area is 113 Å². The first-order chi connectivity index (χ1) is 8.99. The zero-order valence-corrected chi connectivity index (χ0v) is 10.7. The highest BCUT2D eigenvalue weighted by Gasteiger charge is 2.17. The summed E-state index contributed by atoms with van der Waals surface area (Å²) in [5, 5.41) is 11.7. The number of halogens is 1. The van der Waals surface area contributed by atoms with Crippen molar-refractivity contribution >= 4 is 29.2 Å². The number of benzene rings is 1. The van der Waals surface area contributed by atoms with Crippen LogP contribution in [0.15, 0.2) is 30.7 Å². The Morgan fingerprint density at radius 2 is 2.16 bits per heavy atom. The number of hydrogen-bond acceptors (Lipinski definition) is 3. The van der Waals surface area contributed by atoms with Gasteiger partial charge >= 0.3 is 5.97 Å². The van der Waals surface area contributed by atoms with Crippen LogP contribution in [0, 0.1) is 0 Å². The fourth-order valence-corrected chi connectivity index (χ4v) is 1.76. The number of rotatable bonds is 3. The molecule has 1 aromatic carbocycles. The lowest BCUT2D eigenvalue weighted by Crippen LogP contribution is -2.15. The van der Waals surface area contributed by atoms with Crippen molar-refractivity contribution in [3.8, 4) is 0 Å². The van der Waals surface area contributed by atoms with Crippen molar-refractivity contribution in [2.45, 2.75) is 0 Å². The number of anilines is 1. The van der Waals surface area contributed by atoms with Gasteiger partial charge in [0.1, 0.15) is 5.69 Å². The number of nitrogens with zero attached hydrogens (tertiary/aromatic N) is 2. The van der Waals surface area contributed by atoms with Crippen molar-refractivity contribution in [3.05, 3.63) is 47.0 Å². The lowest BCUT2D eigenvalue weighted by atomic mass is 10.1. The second-order valence-electron chi connectivity index (χ2n) is 3.85. The molecule has 0 aliphatic rings. The summed E-state index contributed by atoms with van der Waals surface area (Å²) in [6, 6.07) is 4.37. The number of para-hydroxylation sites is 1. The van der Waals surface area contributed by atoms with Gasteiger partial charge in [-0.2, -0.15) is 0 Å². The molecule has 0 spiro atoms. The van der Waals surface area contributed by atoms with E-state index in [0.717, 1.165) is 0 Å². The topological polar surface area (TPSA) is 84.2 Å². The molecule has 0 aliphatic carbocycles. The number of carbonyl (C=O) groups excluding carboxylic acids is 1. The van der Waals surface area contributed by atoms with Crippen LogP contribution >= 0.6 is 11.6 Å². The molecule has 19 heavy (non-hydrogen) atoms. The summed E-state index contributed by atoms with van der Waals surface area (Å²) >= 11 is 5.91. The number of carboxylic acids is 1. The molecule has 7 heteroatoms. The van der Waals surface area contributed by atoms with Crippen LogP contribution in [0.5, 0.6) is 0 Å². The molecule has 0 bridgehead atoms. The number of hydrogen-bond donors (Lipinski definition) is 2. The maximum absolute atomic E-state index is 11.9. The van der Waals surface area contributed by atoms with Crippen LogP contribution in [0.4, 0.5) is 5.69 Å². The van der Waals surface area contributed by atoms with Gasteiger partial charge in [-0.1, -0.05) is 17.7 Å². The van der Waals surface area contributed by atoms with Crippen LogP contribution in [-0.2, 0) is 7.05 Å². The molecule has 1 aromatic heterocycles. The van der Waals surface area contributed by atoms with Crippen molar-refractivity contribution < 1.29 is 14.7 Å². The highest BCUT2D eigenvalue weighted by atomic mass is 35.5. The lowest BCUT2D eigenvalue weighted by molar-refractivity contribution is 0.0698. The van der Waals surface area contributed by atoms with E-state index in [9.17, 15) is 9.59 Å². The molecule has 98 valence electrons. The molecular weight excluding hydrogens is 270 g/mol. The summed E-state index contributed by atoms with van der Waals surface area (Å²) in [6.07, 6.45) is 2.99. The molecule has 2 rings (SSSR count). The highest BCUT2D eigenvalue weighted by molar-refractivity contribution is 6.34. The smallest absolute Gasteiger partial charge is 0.337 e. The van der Waals surface area contributed by atoms with Gasteiger partial charge in [-0.15, -0.1) is 0 Å². The van der Waals surface area contributed by atoms with Crippen LogP contribution in [0.2, 0.25) is 5.02 Å². The van der Waals surface area contributed by atoms with E-state index in [-0.39, 0.29) is 22.0 Å². The third kappa shape index (κ3) is 2.74. The van der Waals surface area contributed by atoms with E-state index in [4.69, 9.17) is 16.7 Å². The van der Waals surface area contributed by atoms with Crippen LogP contribution in [0.1, 0.15) is 20.8 Å². The van der Waals surface area contributed by atoms with Crippen molar-refractivity contribution in [3.63, 3.8) is 0 Å². The van der Waals surface area contributed by atoms with Crippen molar-refractivity contribution in [1.29, 1.82) is 0 Å². The van der Waals surface area contributed by atoms with E-state index in [1.165, 1.54) is 30.7 Å². The quantitative estimate of drug-likeness (QED) is 0.900. The van der Waals surface area contributed by atoms with Crippen LogP contribution in [0.3, 0.4) is 0 Å². The van der Waals surface area contributed by atoms with Gasteiger partial charge in [0, 0.05) is 13.2 Å². The predicted molar refractivity (Wildman–Crippen MR) is 69.6 cm³/mol. The molecule has 0 radical (unpaired) electrons. The van der Waals surface area contributed by atoms with Gasteiger partial charge in [0.15, 0.2) is 0 Å². The summed E-state index contributed by atoms with van der Waals surface area (Å²) in [5.74, 6) is -1.69. The maximum atomic E-state index is 11.9. The third-order valence-corrected chi connectivity index (χ3v) is 2.74. The molecule has 0 saturated heterocycles. The van der Waals surface area contributed by atoms with Crippen LogP contribution < -0.4 is 5.32 Å². The fraction of sp³-hybridized carbons (Fsp3) is 0.0833. The number of aromatic carboxylic acids is 1. The normalized spacial score (nSPS) is 10.2. The first-order valence-electron chi connectivity index (χ1n) is 5.30. The first-order valence-corrected chi connectivity index (χ1v) is 5.68. The predicted octanol–water partition coefficient (Wildman–Crippen LogP) is 2.02. The molecule has 2 N–H and O–H groups in total. The first kappa shape index (κ1) is 13.1. The summed E-state index contributed by atoms with van der Waals surface area (Å²) in [4.78, 5) is 26.9. The van der Waals surface area contributed by atoms with E-state index >= 15 is 0 Å². The molecule has 1 amide bonds. The molecule has 1 heterocycles. The summed E-state index contributed by atoms with van der Waals surface area (Å²) in [5.41, 5.74) is 0.169. The maximum Gasteiger partial charge on any atom is 0.337 e. The number of imidazole rings is 1. The largest absolute Gasteiger partial charge is 0.478 e. The van der Waals surface area contributed by atoms with Gasteiger partial charge in [0.2, 0.25) is 0 Å². The Kier molecular flexibility index (Phi) is 3.52. The molecule has 0 saturated carbocycles. The van der Waals surface area contributed by atoms with Gasteiger partial charge in [-0.05, 0) is 12.1 Å². The zero-order chi connectivity index (χ0) is 14.0. The summed E-state index contributed by atoms with van der Waals surface area (Å²) in [6.45, 7) is 0. The van der Waals surface area contributed by atoms with Crippen molar-refractivity contribution in [2.24, 2.45) is 7.05 Å². The minimum Gasteiger partial charge on any atom is -0.478 e. The van der Waals surface area contributed by atoms with E-state index in [1.807, 2.05) is 0 Å². The molecule has 0 fully saturated rings. The molecule has 0 aliphatic heterocycles. The number of amides is 1. The van der Waals surface area contributed by atoms with Gasteiger partial charge in [-0.25, -0.2) is 9.78 Å². The Balaban J connectivity index is 2.33. The summed E-state index contributed by atoms with van der Waals surface area (Å²) < 4.78 is 1.61. The Bertz CT molecular complexity index is 651. The van der Waals surface area contributed by atoms with Gasteiger partial charge in [0.05, 0.1) is 22.6 Å². The van der Waals surface area contributed by atoms with Gasteiger partial charge < -0.3 is 15.0 Å². The number of aromatic nitrogens is 2. The summed E-state index contributed by atoms with van der Waals surface area (Å²) in [7, 11) is 1.72. The number of carboxylic acid groups (broad SMARTS) is 1. The van der Waals surface area contributed by atoms with E-state index in [2.05, 4.69) is 10.3 Å². The number of carbonyl (C=O) groups is 2. The van der Waals surface area contributed by atoms with Crippen molar-refractivity contribution in [1.82, 2.24) is 9.55 Å². The van der Waals surface area contributed by atoms with E-state index in [1.54, 1.807) is 11.6 Å². The van der Waals surface area contributed by atoms with Crippen LogP contribution in [0.25, 0.3) is 0 Å². The number of nitrogens with one attached hydrogen (secondary N) is 1. The molecule has 0 unspecified atom stereocenters. The minimum atomic E-state index is -1.17. The molecule has 2 aromatic rings. The monoisotopic (exact) mass is 279 g/mol. The zero-order valence-electron chi connectivity index (χ0n) is 9.92. The fourth-order valence-electron chi connectivity index (χ4n) is 1.54. The second-order valence-corrected chi connectivity index (χ2v) is 4.25. The second kappa shape index (κ2) is 5.11. The molecular formula is C12H10ClN3O3. The minimum absolute atomic E-state index is 0.0623. The Morgan fingerprint density at radius 3 is 2.74 bits per heavy atom. The van der Waals surface area contributed by atoms with Crippen molar-refractivity contribution in [2.75, 3.05) is 5.32 Å². The van der Waals surface area contributed by atoms with E-state index in [0.29, 0.717) is 0 Å². The SMILES string of the molecule is Cn1cnc(C(=O)Nc2c(Cl)cccc2C(=O)O)c1. The Morgan fingerprint density at radius 1 is 1.42 bits per heavy atom. The van der Waals surface area contributed by atoms with Gasteiger partial charge in [0.25, 0.3) is 5.91 Å². The highest BCUT2D eigenvalue weighted by Crippen LogP contribution is 2.26. The Hall–Kier alpha value is -2.34. The lowest BCUT2D eigenvalue weighted by Gasteiger charge is -2.09. The average Bonchev–Trinajstić information content (AvgIpc) is 2.78. The van der Waals surface area contributed by atoms with E-state index < -0.39 is 11.9 Å². The molecule has 0 atom stereocenters. The van der Waals surface area contributed by atoms with Crippen LogP contribution in [-0.4, -0.2) is 26.5 Å². The third-order valence-electron chi connectivity index (χ3n) is 2.42. The molecule has 6 nitrogen and oxygen atoms in total. The average molecular weight is 280 g/mol.